The Morgan fingerprint density at radius 2 is 2.00 bits per heavy atom. The van der Waals surface area contributed by atoms with Crippen LogP contribution in [-0.2, 0) is 6.54 Å². The summed E-state index contributed by atoms with van der Waals surface area (Å²) in [5.41, 5.74) is 2.97. The monoisotopic (exact) mass is 279 g/mol. The molecular formula is C15H15ClFNO. The smallest absolute Gasteiger partial charge is 0.179 e. The van der Waals surface area contributed by atoms with Gasteiger partial charge in [0.2, 0.25) is 0 Å². The van der Waals surface area contributed by atoms with Crippen LogP contribution < -0.4 is 0 Å². The van der Waals surface area contributed by atoms with E-state index < -0.39 is 0 Å². The van der Waals surface area contributed by atoms with Gasteiger partial charge in [-0.15, -0.1) is 11.6 Å². The Morgan fingerprint density at radius 3 is 2.63 bits per heavy atom. The van der Waals surface area contributed by atoms with Gasteiger partial charge in [-0.05, 0) is 26.0 Å². The van der Waals surface area contributed by atoms with Crippen LogP contribution in [0.5, 0.6) is 0 Å². The van der Waals surface area contributed by atoms with Crippen LogP contribution in [0.2, 0.25) is 0 Å². The van der Waals surface area contributed by atoms with Crippen molar-refractivity contribution in [1.82, 2.24) is 4.57 Å². The molecule has 0 unspecified atom stereocenters. The van der Waals surface area contributed by atoms with Crippen molar-refractivity contribution in [1.29, 1.82) is 0 Å². The predicted octanol–water partition coefficient (Wildman–Crippen LogP) is 3.71. The fraction of sp³-hybridized carbons (Fsp3) is 0.267. The highest BCUT2D eigenvalue weighted by Crippen LogP contribution is 2.19. The van der Waals surface area contributed by atoms with Gasteiger partial charge in [-0.25, -0.2) is 4.39 Å². The standard InChI is InChI=1S/C15H15ClFNO/c1-10-7-13(15(19)8-16)11(2)18(10)9-12-5-3-4-6-14(12)17/h3-7H,8-9H2,1-2H3. The normalized spacial score (nSPS) is 10.7. The van der Waals surface area contributed by atoms with E-state index >= 15 is 0 Å². The molecule has 1 aromatic carbocycles. The third kappa shape index (κ3) is 2.71. The van der Waals surface area contributed by atoms with Gasteiger partial charge < -0.3 is 4.57 Å². The van der Waals surface area contributed by atoms with E-state index in [0.717, 1.165) is 11.4 Å². The minimum absolute atomic E-state index is 0.0377. The van der Waals surface area contributed by atoms with Gasteiger partial charge in [0.1, 0.15) is 5.82 Å². The van der Waals surface area contributed by atoms with Crippen molar-refractivity contribution in [3.05, 3.63) is 58.7 Å². The maximum Gasteiger partial charge on any atom is 0.179 e. The van der Waals surface area contributed by atoms with Gasteiger partial charge in [0.25, 0.3) is 0 Å². The number of nitrogens with zero attached hydrogens (tertiary/aromatic N) is 1. The van der Waals surface area contributed by atoms with E-state index in [-0.39, 0.29) is 17.5 Å². The lowest BCUT2D eigenvalue weighted by Crippen LogP contribution is -2.07. The molecule has 0 atom stereocenters. The lowest BCUT2D eigenvalue weighted by atomic mass is 10.2. The highest BCUT2D eigenvalue weighted by molar-refractivity contribution is 6.30. The molecule has 100 valence electrons. The van der Waals surface area contributed by atoms with Crippen molar-refractivity contribution in [2.24, 2.45) is 0 Å². The molecule has 0 aliphatic heterocycles. The fourth-order valence-electron chi connectivity index (χ4n) is 2.20. The summed E-state index contributed by atoms with van der Waals surface area (Å²) >= 11 is 5.59. The van der Waals surface area contributed by atoms with E-state index in [9.17, 15) is 9.18 Å². The van der Waals surface area contributed by atoms with Gasteiger partial charge in [-0.2, -0.15) is 0 Å². The molecule has 0 fully saturated rings. The lowest BCUT2D eigenvalue weighted by Gasteiger charge is -2.10. The van der Waals surface area contributed by atoms with Gasteiger partial charge in [0, 0.05) is 22.5 Å². The molecule has 0 N–H and O–H groups in total. The molecule has 0 aliphatic rings. The van der Waals surface area contributed by atoms with Crippen molar-refractivity contribution >= 4 is 17.4 Å². The highest BCUT2D eigenvalue weighted by atomic mass is 35.5. The summed E-state index contributed by atoms with van der Waals surface area (Å²) in [6, 6.07) is 8.46. The Labute approximate surface area is 116 Å². The van der Waals surface area contributed by atoms with Gasteiger partial charge in [-0.1, -0.05) is 18.2 Å². The number of ketones is 1. The Balaban J connectivity index is 2.39. The van der Waals surface area contributed by atoms with E-state index in [0.29, 0.717) is 17.7 Å². The third-order valence-corrected chi connectivity index (χ3v) is 3.52. The largest absolute Gasteiger partial charge is 0.344 e. The average molecular weight is 280 g/mol. The van der Waals surface area contributed by atoms with Crippen LogP contribution >= 0.6 is 11.6 Å². The number of hydrogen-bond acceptors (Lipinski definition) is 1. The number of benzene rings is 1. The van der Waals surface area contributed by atoms with Gasteiger partial charge in [0.15, 0.2) is 5.78 Å². The Bertz CT molecular complexity index is 619. The van der Waals surface area contributed by atoms with Crippen molar-refractivity contribution in [2.45, 2.75) is 20.4 Å². The molecule has 0 saturated heterocycles. The summed E-state index contributed by atoms with van der Waals surface area (Å²) in [6.07, 6.45) is 0. The number of aryl methyl sites for hydroxylation is 1. The van der Waals surface area contributed by atoms with Crippen LogP contribution in [0.15, 0.2) is 30.3 Å². The first-order chi connectivity index (χ1) is 9.04. The molecular weight excluding hydrogens is 265 g/mol. The number of carbonyl (C=O) groups is 1. The zero-order chi connectivity index (χ0) is 14.0. The first-order valence-corrected chi connectivity index (χ1v) is 6.57. The van der Waals surface area contributed by atoms with E-state index in [1.807, 2.05) is 18.4 Å². The molecule has 2 nitrogen and oxygen atoms in total. The molecule has 0 radical (unpaired) electrons. The molecule has 1 aromatic heterocycles. The average Bonchev–Trinajstić information content (AvgIpc) is 2.68. The van der Waals surface area contributed by atoms with Crippen LogP contribution in [0.1, 0.15) is 27.3 Å². The van der Waals surface area contributed by atoms with Gasteiger partial charge >= 0.3 is 0 Å². The summed E-state index contributed by atoms with van der Waals surface area (Å²) < 4.78 is 15.6. The number of halogens is 2. The van der Waals surface area contributed by atoms with Crippen LogP contribution in [0.25, 0.3) is 0 Å². The van der Waals surface area contributed by atoms with Crippen LogP contribution in [0.3, 0.4) is 0 Å². The maximum atomic E-state index is 13.7. The molecule has 0 spiro atoms. The molecule has 0 saturated carbocycles. The zero-order valence-corrected chi connectivity index (χ0v) is 11.7. The first-order valence-electron chi connectivity index (χ1n) is 6.04. The molecule has 19 heavy (non-hydrogen) atoms. The minimum atomic E-state index is -0.236. The molecule has 2 rings (SSSR count). The lowest BCUT2D eigenvalue weighted by molar-refractivity contribution is 0.102. The van der Waals surface area contributed by atoms with Crippen LogP contribution in [0.4, 0.5) is 4.39 Å². The molecule has 4 heteroatoms. The Hall–Kier alpha value is -1.61. The molecule has 0 bridgehead atoms. The molecule has 2 aromatic rings. The molecule has 1 heterocycles. The van der Waals surface area contributed by atoms with Crippen molar-refractivity contribution in [3.63, 3.8) is 0 Å². The molecule has 0 aliphatic carbocycles. The second-order valence-corrected chi connectivity index (χ2v) is 4.79. The maximum absolute atomic E-state index is 13.7. The van der Waals surface area contributed by atoms with E-state index in [4.69, 9.17) is 11.6 Å². The van der Waals surface area contributed by atoms with Crippen LogP contribution in [0, 0.1) is 19.7 Å². The Morgan fingerprint density at radius 1 is 1.32 bits per heavy atom. The highest BCUT2D eigenvalue weighted by Gasteiger charge is 2.15. The quantitative estimate of drug-likeness (QED) is 0.618. The topological polar surface area (TPSA) is 22.0 Å². The summed E-state index contributed by atoms with van der Waals surface area (Å²) in [7, 11) is 0. The van der Waals surface area contributed by atoms with E-state index in [2.05, 4.69) is 0 Å². The Kier molecular flexibility index (Phi) is 4.05. The summed E-state index contributed by atoms with van der Waals surface area (Å²) in [5, 5.41) is 0. The number of aromatic nitrogens is 1. The number of Topliss-reactive ketones (excluding diaryl/α,β-unsaturated/α-hetero) is 1. The van der Waals surface area contributed by atoms with Crippen molar-refractivity contribution < 1.29 is 9.18 Å². The zero-order valence-electron chi connectivity index (χ0n) is 10.9. The van der Waals surface area contributed by atoms with E-state index in [1.165, 1.54) is 6.07 Å². The van der Waals surface area contributed by atoms with Gasteiger partial charge in [0.05, 0.1) is 12.4 Å². The van der Waals surface area contributed by atoms with E-state index in [1.54, 1.807) is 24.3 Å². The van der Waals surface area contributed by atoms with Crippen molar-refractivity contribution in [2.75, 3.05) is 5.88 Å². The number of carbonyl (C=O) groups excluding carboxylic acids is 1. The second kappa shape index (κ2) is 5.57. The molecule has 0 amide bonds. The first kappa shape index (κ1) is 13.8. The fourth-order valence-corrected chi connectivity index (χ4v) is 2.34. The SMILES string of the molecule is Cc1cc(C(=O)CCl)c(C)n1Cc1ccccc1F. The van der Waals surface area contributed by atoms with Crippen molar-refractivity contribution in [3.8, 4) is 0 Å². The minimum Gasteiger partial charge on any atom is -0.344 e. The number of hydrogen-bond donors (Lipinski definition) is 0. The predicted molar refractivity (Wildman–Crippen MR) is 74.5 cm³/mol. The van der Waals surface area contributed by atoms with Gasteiger partial charge in [-0.3, -0.25) is 4.79 Å². The number of rotatable bonds is 4. The summed E-state index contributed by atoms with van der Waals surface area (Å²) in [4.78, 5) is 11.7. The van der Waals surface area contributed by atoms with Crippen LogP contribution in [-0.4, -0.2) is 16.2 Å². The summed E-state index contributed by atoms with van der Waals surface area (Å²) in [5.74, 6) is -0.376. The second-order valence-electron chi connectivity index (χ2n) is 4.52. The summed E-state index contributed by atoms with van der Waals surface area (Å²) in [6.45, 7) is 4.17. The third-order valence-electron chi connectivity index (χ3n) is 3.28. The number of alkyl halides is 1.